The molecule has 0 aromatic rings. The lowest BCUT2D eigenvalue weighted by molar-refractivity contribution is -0.141. The average Bonchev–Trinajstić information content (AvgIpc) is 2.66. The number of rotatable bonds is 18. The third-order valence-corrected chi connectivity index (χ3v) is 5.57. The van der Waals surface area contributed by atoms with Gasteiger partial charge in [0.2, 0.25) is 0 Å². The zero-order valence-corrected chi connectivity index (χ0v) is 18.4. The van der Waals surface area contributed by atoms with Crippen LogP contribution in [0.2, 0.25) is 0 Å². The second kappa shape index (κ2) is 18.3. The molecule has 27 heavy (non-hydrogen) atoms. The predicted molar refractivity (Wildman–Crippen MR) is 112 cm³/mol. The molecule has 0 saturated carbocycles. The number of carbonyl (C=O) groups excluding carboxylic acids is 2. The van der Waals surface area contributed by atoms with Crippen molar-refractivity contribution in [2.24, 2.45) is 11.8 Å². The smallest absolute Gasteiger partial charge is 0.305 e. The van der Waals surface area contributed by atoms with Crippen molar-refractivity contribution in [3.05, 3.63) is 0 Å². The van der Waals surface area contributed by atoms with Crippen molar-refractivity contribution in [1.82, 2.24) is 0 Å². The van der Waals surface area contributed by atoms with Crippen LogP contribution in [0.1, 0.15) is 110 Å². The molecule has 0 aromatic carbocycles. The summed E-state index contributed by atoms with van der Waals surface area (Å²) in [6.07, 6.45) is 17.2. The first-order valence-corrected chi connectivity index (χ1v) is 11.1. The summed E-state index contributed by atoms with van der Waals surface area (Å²) in [6, 6.07) is 0. The van der Waals surface area contributed by atoms with E-state index in [0.29, 0.717) is 24.7 Å². The second-order valence-corrected chi connectivity index (χ2v) is 8.12. The first-order chi connectivity index (χ1) is 13.0. The van der Waals surface area contributed by atoms with Crippen LogP contribution in [0.5, 0.6) is 0 Å². The third kappa shape index (κ3) is 16.8. The lowest BCUT2D eigenvalue weighted by Crippen LogP contribution is -2.12. The van der Waals surface area contributed by atoms with Gasteiger partial charge in [-0.2, -0.15) is 0 Å². The number of hydrogen-bond acceptors (Lipinski definition) is 4. The SMILES string of the molecule is COC(=O)CCCCCCCCCCCCCC(CCC(=O)OC)C(C)C. The molecule has 160 valence electrons. The van der Waals surface area contributed by atoms with E-state index in [1.54, 1.807) is 0 Å². The molecule has 0 N–H and O–H groups in total. The molecular weight excluding hydrogens is 340 g/mol. The second-order valence-electron chi connectivity index (χ2n) is 8.12. The molecule has 0 bridgehead atoms. The Labute approximate surface area is 167 Å². The largest absolute Gasteiger partial charge is 0.469 e. The molecule has 0 radical (unpaired) electrons. The Bertz CT molecular complexity index is 365. The van der Waals surface area contributed by atoms with Gasteiger partial charge in [-0.3, -0.25) is 9.59 Å². The average molecular weight is 385 g/mol. The van der Waals surface area contributed by atoms with Gasteiger partial charge < -0.3 is 9.47 Å². The van der Waals surface area contributed by atoms with Crippen LogP contribution in [-0.2, 0) is 19.1 Å². The van der Waals surface area contributed by atoms with Gasteiger partial charge >= 0.3 is 11.9 Å². The number of ether oxygens (including phenoxy) is 2. The van der Waals surface area contributed by atoms with E-state index in [2.05, 4.69) is 18.6 Å². The van der Waals surface area contributed by atoms with Crippen LogP contribution in [0.15, 0.2) is 0 Å². The van der Waals surface area contributed by atoms with E-state index >= 15 is 0 Å². The summed E-state index contributed by atoms with van der Waals surface area (Å²) in [5.74, 6) is 1.12. The molecule has 0 heterocycles. The zero-order chi connectivity index (χ0) is 20.3. The topological polar surface area (TPSA) is 52.6 Å². The summed E-state index contributed by atoms with van der Waals surface area (Å²) >= 11 is 0. The molecule has 0 rings (SSSR count). The van der Waals surface area contributed by atoms with E-state index in [1.165, 1.54) is 78.4 Å². The molecule has 1 atom stereocenters. The highest BCUT2D eigenvalue weighted by molar-refractivity contribution is 5.69. The highest BCUT2D eigenvalue weighted by Crippen LogP contribution is 2.24. The van der Waals surface area contributed by atoms with Crippen molar-refractivity contribution in [3.63, 3.8) is 0 Å². The number of hydrogen-bond donors (Lipinski definition) is 0. The fourth-order valence-electron chi connectivity index (χ4n) is 3.59. The van der Waals surface area contributed by atoms with Crippen LogP contribution < -0.4 is 0 Å². The minimum absolute atomic E-state index is 0.0795. The maximum absolute atomic E-state index is 11.3. The Morgan fingerprint density at radius 1 is 0.593 bits per heavy atom. The van der Waals surface area contributed by atoms with Crippen LogP contribution >= 0.6 is 0 Å². The summed E-state index contributed by atoms with van der Waals surface area (Å²) in [4.78, 5) is 22.3. The lowest BCUT2D eigenvalue weighted by atomic mass is 9.86. The molecule has 0 aliphatic heterocycles. The maximum atomic E-state index is 11.3. The Balaban J connectivity index is 3.42. The van der Waals surface area contributed by atoms with Crippen LogP contribution in [-0.4, -0.2) is 26.2 Å². The lowest BCUT2D eigenvalue weighted by Gasteiger charge is -2.20. The van der Waals surface area contributed by atoms with Gasteiger partial charge in [-0.25, -0.2) is 0 Å². The molecule has 0 fully saturated rings. The Kier molecular flexibility index (Phi) is 17.6. The fraction of sp³-hybridized carbons (Fsp3) is 0.913. The summed E-state index contributed by atoms with van der Waals surface area (Å²) in [7, 11) is 2.92. The fourth-order valence-corrected chi connectivity index (χ4v) is 3.59. The molecule has 0 amide bonds. The third-order valence-electron chi connectivity index (χ3n) is 5.57. The van der Waals surface area contributed by atoms with Crippen molar-refractivity contribution in [2.45, 2.75) is 110 Å². The quantitative estimate of drug-likeness (QED) is 0.201. The van der Waals surface area contributed by atoms with E-state index < -0.39 is 0 Å². The van der Waals surface area contributed by atoms with Crippen molar-refractivity contribution >= 4 is 11.9 Å². The molecule has 4 nitrogen and oxygen atoms in total. The highest BCUT2D eigenvalue weighted by Gasteiger charge is 2.15. The van der Waals surface area contributed by atoms with Crippen molar-refractivity contribution < 1.29 is 19.1 Å². The number of esters is 2. The highest BCUT2D eigenvalue weighted by atomic mass is 16.5. The summed E-state index contributed by atoms with van der Waals surface area (Å²) in [5, 5.41) is 0. The van der Waals surface area contributed by atoms with Crippen molar-refractivity contribution in [1.29, 1.82) is 0 Å². The van der Waals surface area contributed by atoms with Gasteiger partial charge in [0.25, 0.3) is 0 Å². The maximum Gasteiger partial charge on any atom is 0.305 e. The number of methoxy groups -OCH3 is 2. The minimum Gasteiger partial charge on any atom is -0.469 e. The van der Waals surface area contributed by atoms with Crippen LogP contribution in [0.3, 0.4) is 0 Å². The van der Waals surface area contributed by atoms with Crippen LogP contribution in [0.25, 0.3) is 0 Å². The Morgan fingerprint density at radius 3 is 1.44 bits per heavy atom. The summed E-state index contributed by atoms with van der Waals surface area (Å²) in [5.41, 5.74) is 0. The van der Waals surface area contributed by atoms with E-state index in [4.69, 9.17) is 4.74 Å². The molecular formula is C23H44O4. The van der Waals surface area contributed by atoms with Crippen LogP contribution in [0, 0.1) is 11.8 Å². The minimum atomic E-state index is -0.0850. The molecule has 0 aliphatic rings. The van der Waals surface area contributed by atoms with Gasteiger partial charge in [-0.15, -0.1) is 0 Å². The normalized spacial score (nSPS) is 12.2. The summed E-state index contributed by atoms with van der Waals surface area (Å²) in [6.45, 7) is 4.52. The number of carbonyl (C=O) groups is 2. The molecule has 0 aliphatic carbocycles. The zero-order valence-electron chi connectivity index (χ0n) is 18.4. The monoisotopic (exact) mass is 384 g/mol. The van der Waals surface area contributed by atoms with Gasteiger partial charge in [0.05, 0.1) is 14.2 Å². The molecule has 0 spiro atoms. The van der Waals surface area contributed by atoms with Gasteiger partial charge in [-0.05, 0) is 24.7 Å². The summed E-state index contributed by atoms with van der Waals surface area (Å²) < 4.78 is 9.40. The molecule has 0 aromatic heterocycles. The van der Waals surface area contributed by atoms with Gasteiger partial charge in [0, 0.05) is 12.8 Å². The van der Waals surface area contributed by atoms with Crippen molar-refractivity contribution in [2.75, 3.05) is 14.2 Å². The van der Waals surface area contributed by atoms with Crippen LogP contribution in [0.4, 0.5) is 0 Å². The number of unbranched alkanes of at least 4 members (excludes halogenated alkanes) is 10. The standard InChI is InChI=1S/C23H44O4/c1-20(2)21(18-19-23(25)27-4)16-14-12-10-8-6-5-7-9-11-13-15-17-22(24)26-3/h20-21H,5-19H2,1-4H3. The first kappa shape index (κ1) is 25.9. The van der Waals surface area contributed by atoms with Gasteiger partial charge in [-0.1, -0.05) is 84.5 Å². The predicted octanol–water partition coefficient (Wildman–Crippen LogP) is 6.46. The van der Waals surface area contributed by atoms with E-state index in [9.17, 15) is 9.59 Å². The Morgan fingerprint density at radius 2 is 1.00 bits per heavy atom. The molecule has 1 unspecified atom stereocenters. The van der Waals surface area contributed by atoms with Crippen molar-refractivity contribution in [3.8, 4) is 0 Å². The molecule has 0 saturated heterocycles. The van der Waals surface area contributed by atoms with E-state index in [-0.39, 0.29) is 11.9 Å². The van der Waals surface area contributed by atoms with E-state index in [1.807, 2.05) is 0 Å². The van der Waals surface area contributed by atoms with Gasteiger partial charge in [0.15, 0.2) is 0 Å². The van der Waals surface area contributed by atoms with E-state index in [0.717, 1.165) is 19.3 Å². The first-order valence-electron chi connectivity index (χ1n) is 11.1. The Hall–Kier alpha value is -1.06. The molecule has 4 heteroatoms. The van der Waals surface area contributed by atoms with Gasteiger partial charge in [0.1, 0.15) is 0 Å².